The maximum atomic E-state index is 5.66. The van der Waals surface area contributed by atoms with Crippen LogP contribution in [0, 0.1) is 0 Å². The van der Waals surface area contributed by atoms with Crippen molar-refractivity contribution in [3.05, 3.63) is 60.2 Å². The molecule has 0 aliphatic carbocycles. The van der Waals surface area contributed by atoms with Gasteiger partial charge in [-0.3, -0.25) is 4.99 Å². The highest BCUT2D eigenvalue weighted by Crippen LogP contribution is 2.22. The topological polar surface area (TPSA) is 49.3 Å². The number of benzene rings is 2. The molecule has 0 amide bonds. The Kier molecular flexibility index (Phi) is 9.53. The SMILES string of the molecule is CN=C(NCC(OC)c1ccccc1)N1CCN(c2cccc(OC)c2)CC1.I. The Hall–Kier alpha value is -2.00. The van der Waals surface area contributed by atoms with Crippen molar-refractivity contribution < 1.29 is 9.47 Å². The summed E-state index contributed by atoms with van der Waals surface area (Å²) in [6, 6.07) is 18.5. The average Bonchev–Trinajstić information content (AvgIpc) is 2.78. The van der Waals surface area contributed by atoms with Crippen LogP contribution in [0.2, 0.25) is 0 Å². The first-order valence-corrected chi connectivity index (χ1v) is 9.67. The molecule has 1 aliphatic rings. The maximum Gasteiger partial charge on any atom is 0.193 e. The van der Waals surface area contributed by atoms with Crippen molar-refractivity contribution in [2.24, 2.45) is 4.99 Å². The predicted octanol–water partition coefficient (Wildman–Crippen LogP) is 3.40. The highest BCUT2D eigenvalue weighted by molar-refractivity contribution is 14.0. The maximum absolute atomic E-state index is 5.66. The highest BCUT2D eigenvalue weighted by Gasteiger charge is 2.21. The molecule has 1 heterocycles. The van der Waals surface area contributed by atoms with Crippen LogP contribution in [0.3, 0.4) is 0 Å². The molecule has 1 aliphatic heterocycles. The number of guanidine groups is 1. The summed E-state index contributed by atoms with van der Waals surface area (Å²) < 4.78 is 11.0. The van der Waals surface area contributed by atoms with E-state index >= 15 is 0 Å². The summed E-state index contributed by atoms with van der Waals surface area (Å²) in [7, 11) is 5.28. The van der Waals surface area contributed by atoms with Crippen LogP contribution >= 0.6 is 24.0 Å². The van der Waals surface area contributed by atoms with Gasteiger partial charge in [0, 0.05) is 58.6 Å². The number of ether oxygens (including phenoxy) is 2. The normalized spacial score (nSPS) is 15.5. The molecule has 6 nitrogen and oxygen atoms in total. The standard InChI is InChI=1S/C22H30N4O2.HI/c1-23-22(24-17-21(28-3)18-8-5-4-6-9-18)26-14-12-25(13-15-26)19-10-7-11-20(16-19)27-2;/h4-11,16,21H,12-15,17H2,1-3H3,(H,23,24);1H. The van der Waals surface area contributed by atoms with Gasteiger partial charge in [-0.1, -0.05) is 36.4 Å². The van der Waals surface area contributed by atoms with Crippen molar-refractivity contribution in [3.63, 3.8) is 0 Å². The fourth-order valence-corrected chi connectivity index (χ4v) is 3.50. The summed E-state index contributed by atoms with van der Waals surface area (Å²) in [5.41, 5.74) is 2.36. The number of methoxy groups -OCH3 is 2. The Labute approximate surface area is 190 Å². The van der Waals surface area contributed by atoms with Crippen molar-refractivity contribution in [2.45, 2.75) is 6.10 Å². The molecule has 0 spiro atoms. The Morgan fingerprint density at radius 2 is 1.76 bits per heavy atom. The second-order valence-corrected chi connectivity index (χ2v) is 6.74. The van der Waals surface area contributed by atoms with Gasteiger partial charge in [-0.05, 0) is 17.7 Å². The van der Waals surface area contributed by atoms with E-state index in [4.69, 9.17) is 9.47 Å². The quantitative estimate of drug-likeness (QED) is 0.367. The van der Waals surface area contributed by atoms with Crippen LogP contribution in [0.4, 0.5) is 5.69 Å². The van der Waals surface area contributed by atoms with Gasteiger partial charge in [0.1, 0.15) is 5.75 Å². The van der Waals surface area contributed by atoms with Crippen molar-refractivity contribution in [2.75, 3.05) is 58.9 Å². The van der Waals surface area contributed by atoms with Gasteiger partial charge in [-0.25, -0.2) is 0 Å². The lowest BCUT2D eigenvalue weighted by molar-refractivity contribution is 0.105. The summed E-state index contributed by atoms with van der Waals surface area (Å²) in [4.78, 5) is 9.16. The van der Waals surface area contributed by atoms with E-state index in [9.17, 15) is 0 Å². The van der Waals surface area contributed by atoms with Crippen molar-refractivity contribution in [1.82, 2.24) is 10.2 Å². The van der Waals surface area contributed by atoms with Gasteiger partial charge in [-0.2, -0.15) is 0 Å². The second-order valence-electron chi connectivity index (χ2n) is 6.74. The van der Waals surface area contributed by atoms with E-state index in [2.05, 4.69) is 44.4 Å². The molecule has 2 aromatic carbocycles. The van der Waals surface area contributed by atoms with Gasteiger partial charge in [0.2, 0.25) is 0 Å². The molecule has 7 heteroatoms. The number of anilines is 1. The van der Waals surface area contributed by atoms with Crippen LogP contribution in [-0.2, 0) is 4.74 Å². The van der Waals surface area contributed by atoms with Crippen LogP contribution in [0.1, 0.15) is 11.7 Å². The Morgan fingerprint density at radius 1 is 1.03 bits per heavy atom. The smallest absolute Gasteiger partial charge is 0.193 e. The Morgan fingerprint density at radius 3 is 2.38 bits per heavy atom. The molecule has 2 aromatic rings. The molecule has 0 saturated carbocycles. The summed E-state index contributed by atoms with van der Waals surface area (Å²) in [5.74, 6) is 1.81. The third-order valence-electron chi connectivity index (χ3n) is 5.11. The van der Waals surface area contributed by atoms with Gasteiger partial charge in [-0.15, -0.1) is 24.0 Å². The van der Waals surface area contributed by atoms with Crippen LogP contribution < -0.4 is 15.0 Å². The Bertz CT molecular complexity index is 764. The van der Waals surface area contributed by atoms with Gasteiger partial charge in [0.25, 0.3) is 0 Å². The number of aliphatic imine (C=N–C) groups is 1. The zero-order valence-corrected chi connectivity index (χ0v) is 19.7. The zero-order valence-electron chi connectivity index (χ0n) is 17.4. The van der Waals surface area contributed by atoms with Gasteiger partial charge >= 0.3 is 0 Å². The first-order chi connectivity index (χ1) is 13.7. The summed E-state index contributed by atoms with van der Waals surface area (Å²) in [6.45, 7) is 4.41. The van der Waals surface area contributed by atoms with Crippen LogP contribution in [0.15, 0.2) is 59.6 Å². The van der Waals surface area contributed by atoms with E-state index in [1.165, 1.54) is 5.69 Å². The van der Waals surface area contributed by atoms with E-state index < -0.39 is 0 Å². The molecule has 1 fully saturated rings. The number of hydrogen-bond donors (Lipinski definition) is 1. The van der Waals surface area contributed by atoms with Crippen molar-refractivity contribution in [1.29, 1.82) is 0 Å². The Balaban J connectivity index is 0.00000300. The van der Waals surface area contributed by atoms with Crippen LogP contribution in [0.25, 0.3) is 0 Å². The molecule has 1 N–H and O–H groups in total. The number of nitrogens with zero attached hydrogens (tertiary/aromatic N) is 3. The zero-order chi connectivity index (χ0) is 19.8. The molecule has 0 radical (unpaired) electrons. The molecule has 0 aromatic heterocycles. The van der Waals surface area contributed by atoms with E-state index in [0.29, 0.717) is 6.54 Å². The highest BCUT2D eigenvalue weighted by atomic mass is 127. The van der Waals surface area contributed by atoms with Crippen LogP contribution in [0.5, 0.6) is 5.75 Å². The number of piperazine rings is 1. The predicted molar refractivity (Wildman–Crippen MR) is 130 cm³/mol. The molecule has 0 bridgehead atoms. The largest absolute Gasteiger partial charge is 0.497 e. The lowest BCUT2D eigenvalue weighted by Gasteiger charge is -2.38. The van der Waals surface area contributed by atoms with E-state index in [-0.39, 0.29) is 30.1 Å². The molecule has 3 rings (SSSR count). The lowest BCUT2D eigenvalue weighted by Crippen LogP contribution is -2.53. The minimum atomic E-state index is -0.00368. The van der Waals surface area contributed by atoms with E-state index in [1.54, 1.807) is 14.2 Å². The van der Waals surface area contributed by atoms with Crippen molar-refractivity contribution >= 4 is 35.6 Å². The van der Waals surface area contributed by atoms with Gasteiger partial charge in [0.05, 0.1) is 13.2 Å². The number of rotatable bonds is 6. The number of halogens is 1. The number of hydrogen-bond acceptors (Lipinski definition) is 4. The summed E-state index contributed by atoms with van der Waals surface area (Å²) >= 11 is 0. The van der Waals surface area contributed by atoms with Crippen LogP contribution in [-0.4, -0.2) is 64.9 Å². The molecular formula is C22H31IN4O2. The van der Waals surface area contributed by atoms with Gasteiger partial charge < -0.3 is 24.6 Å². The second kappa shape index (κ2) is 11.9. The lowest BCUT2D eigenvalue weighted by atomic mass is 10.1. The fraction of sp³-hybridized carbons (Fsp3) is 0.409. The third kappa shape index (κ3) is 6.24. The third-order valence-corrected chi connectivity index (χ3v) is 5.11. The molecule has 29 heavy (non-hydrogen) atoms. The van der Waals surface area contributed by atoms with E-state index in [0.717, 1.165) is 43.5 Å². The molecule has 1 unspecified atom stereocenters. The summed E-state index contributed by atoms with van der Waals surface area (Å²) in [5, 5.41) is 3.47. The summed E-state index contributed by atoms with van der Waals surface area (Å²) in [6.07, 6.45) is -0.00368. The fourth-order valence-electron chi connectivity index (χ4n) is 3.50. The van der Waals surface area contributed by atoms with E-state index in [1.807, 2.05) is 37.4 Å². The molecule has 158 valence electrons. The first-order valence-electron chi connectivity index (χ1n) is 9.67. The number of nitrogens with one attached hydrogen (secondary N) is 1. The first kappa shape index (κ1) is 23.3. The molecule has 1 saturated heterocycles. The van der Waals surface area contributed by atoms with Gasteiger partial charge in [0.15, 0.2) is 5.96 Å². The minimum absolute atomic E-state index is 0. The monoisotopic (exact) mass is 510 g/mol. The minimum Gasteiger partial charge on any atom is -0.497 e. The average molecular weight is 510 g/mol. The molecule has 1 atom stereocenters. The van der Waals surface area contributed by atoms with Crippen molar-refractivity contribution in [3.8, 4) is 5.75 Å². The molecular weight excluding hydrogens is 479 g/mol.